The summed E-state index contributed by atoms with van der Waals surface area (Å²) in [5, 5.41) is 5.45. The van der Waals surface area contributed by atoms with Gasteiger partial charge in [0.1, 0.15) is 17.8 Å². The maximum atomic E-state index is 13.0. The van der Waals surface area contributed by atoms with Crippen LogP contribution in [0.1, 0.15) is 23.6 Å². The molecule has 0 saturated carbocycles. The Kier molecular flexibility index (Phi) is 5.09. The SMILES string of the molecule is COc1ccc(C2(C)NC(=O)N(CC(=O)Nc3ccccc3C)C2=O)cc1C. The fourth-order valence-corrected chi connectivity index (χ4v) is 3.27. The average Bonchev–Trinajstić information content (AvgIpc) is 2.87. The minimum Gasteiger partial charge on any atom is -0.496 e. The van der Waals surface area contributed by atoms with E-state index in [0.717, 1.165) is 16.0 Å². The van der Waals surface area contributed by atoms with E-state index >= 15 is 0 Å². The Hall–Kier alpha value is -3.35. The van der Waals surface area contributed by atoms with Crippen LogP contribution in [0.25, 0.3) is 0 Å². The van der Waals surface area contributed by atoms with Crippen molar-refractivity contribution in [3.05, 3.63) is 59.2 Å². The predicted octanol–water partition coefficient (Wildman–Crippen LogP) is 2.72. The largest absolute Gasteiger partial charge is 0.496 e. The van der Waals surface area contributed by atoms with Crippen molar-refractivity contribution in [2.24, 2.45) is 0 Å². The van der Waals surface area contributed by atoms with Gasteiger partial charge in [-0.1, -0.05) is 24.3 Å². The average molecular weight is 381 g/mol. The van der Waals surface area contributed by atoms with Crippen LogP contribution in [0.4, 0.5) is 10.5 Å². The zero-order valence-corrected chi connectivity index (χ0v) is 16.3. The number of carbonyl (C=O) groups excluding carboxylic acids is 3. The van der Waals surface area contributed by atoms with E-state index in [1.165, 1.54) is 0 Å². The molecule has 1 aliphatic heterocycles. The minimum atomic E-state index is -1.24. The van der Waals surface area contributed by atoms with Crippen molar-refractivity contribution < 1.29 is 19.1 Å². The highest BCUT2D eigenvalue weighted by Gasteiger charge is 2.49. The lowest BCUT2D eigenvalue weighted by molar-refractivity contribution is -0.133. The van der Waals surface area contributed by atoms with Crippen molar-refractivity contribution in [2.75, 3.05) is 19.0 Å². The minimum absolute atomic E-state index is 0.357. The van der Waals surface area contributed by atoms with Gasteiger partial charge >= 0.3 is 6.03 Å². The molecule has 0 bridgehead atoms. The van der Waals surface area contributed by atoms with Gasteiger partial charge in [-0.2, -0.15) is 0 Å². The second-order valence-electron chi connectivity index (χ2n) is 6.99. The van der Waals surface area contributed by atoms with Crippen molar-refractivity contribution in [1.29, 1.82) is 0 Å². The number of ether oxygens (including phenoxy) is 1. The highest BCUT2D eigenvalue weighted by Crippen LogP contribution is 2.31. The van der Waals surface area contributed by atoms with Crippen LogP contribution in [-0.2, 0) is 15.1 Å². The standard InChI is InChI=1S/C21H23N3O4/c1-13-7-5-6-8-16(13)22-18(25)12-24-19(26)21(3,23-20(24)27)15-9-10-17(28-4)14(2)11-15/h5-11H,12H2,1-4H3,(H,22,25)(H,23,27). The Bertz CT molecular complexity index is 956. The van der Waals surface area contributed by atoms with Gasteiger partial charge in [0.15, 0.2) is 0 Å². The molecule has 3 rings (SSSR count). The number of hydrogen-bond donors (Lipinski definition) is 2. The molecule has 7 nitrogen and oxygen atoms in total. The Balaban J connectivity index is 1.78. The molecule has 28 heavy (non-hydrogen) atoms. The smallest absolute Gasteiger partial charge is 0.325 e. The summed E-state index contributed by atoms with van der Waals surface area (Å²) in [7, 11) is 1.57. The number of methoxy groups -OCH3 is 1. The topological polar surface area (TPSA) is 87.7 Å². The van der Waals surface area contributed by atoms with Crippen molar-refractivity contribution >= 4 is 23.5 Å². The van der Waals surface area contributed by atoms with E-state index in [-0.39, 0.29) is 6.54 Å². The van der Waals surface area contributed by atoms with Crippen LogP contribution in [0.3, 0.4) is 0 Å². The van der Waals surface area contributed by atoms with Gasteiger partial charge in [-0.25, -0.2) is 4.79 Å². The molecule has 0 spiro atoms. The van der Waals surface area contributed by atoms with Gasteiger partial charge in [-0.3, -0.25) is 14.5 Å². The molecule has 0 radical (unpaired) electrons. The monoisotopic (exact) mass is 381 g/mol. The first-order valence-corrected chi connectivity index (χ1v) is 8.91. The van der Waals surface area contributed by atoms with Crippen LogP contribution in [0.5, 0.6) is 5.75 Å². The number of carbonyl (C=O) groups is 3. The number of nitrogens with zero attached hydrogens (tertiary/aromatic N) is 1. The maximum absolute atomic E-state index is 13.0. The highest BCUT2D eigenvalue weighted by atomic mass is 16.5. The Morgan fingerprint density at radius 2 is 1.86 bits per heavy atom. The zero-order valence-electron chi connectivity index (χ0n) is 16.3. The van der Waals surface area contributed by atoms with Crippen LogP contribution < -0.4 is 15.4 Å². The van der Waals surface area contributed by atoms with E-state index in [1.54, 1.807) is 44.4 Å². The van der Waals surface area contributed by atoms with E-state index in [4.69, 9.17) is 4.74 Å². The fraction of sp³-hybridized carbons (Fsp3) is 0.286. The number of anilines is 1. The van der Waals surface area contributed by atoms with Crippen LogP contribution in [0, 0.1) is 13.8 Å². The highest BCUT2D eigenvalue weighted by molar-refractivity contribution is 6.10. The Morgan fingerprint density at radius 3 is 2.50 bits per heavy atom. The summed E-state index contributed by atoms with van der Waals surface area (Å²) in [6, 6.07) is 12.0. The second kappa shape index (κ2) is 7.34. The lowest BCUT2D eigenvalue weighted by Crippen LogP contribution is -2.42. The summed E-state index contributed by atoms with van der Waals surface area (Å²) < 4.78 is 5.25. The van der Waals surface area contributed by atoms with Gasteiger partial charge < -0.3 is 15.4 Å². The number of aryl methyl sites for hydroxylation is 2. The van der Waals surface area contributed by atoms with E-state index in [0.29, 0.717) is 17.0 Å². The zero-order chi connectivity index (χ0) is 20.5. The number of amides is 4. The number of para-hydroxylation sites is 1. The molecule has 1 unspecified atom stereocenters. The summed E-state index contributed by atoms with van der Waals surface area (Å²) in [6.45, 7) is 5.00. The third-order valence-corrected chi connectivity index (χ3v) is 4.97. The summed E-state index contributed by atoms with van der Waals surface area (Å²) in [4.78, 5) is 38.7. The number of benzene rings is 2. The summed E-state index contributed by atoms with van der Waals surface area (Å²) in [5.41, 5.74) is 1.78. The molecule has 1 fully saturated rings. The lowest BCUT2D eigenvalue weighted by Gasteiger charge is -2.23. The quantitative estimate of drug-likeness (QED) is 0.780. The molecule has 7 heteroatoms. The summed E-state index contributed by atoms with van der Waals surface area (Å²) in [5.74, 6) is -0.214. The van der Waals surface area contributed by atoms with Crippen molar-refractivity contribution in [3.63, 3.8) is 0 Å². The molecule has 146 valence electrons. The van der Waals surface area contributed by atoms with Crippen molar-refractivity contribution in [3.8, 4) is 5.75 Å². The molecule has 1 saturated heterocycles. The third kappa shape index (κ3) is 3.43. The van der Waals surface area contributed by atoms with Gasteiger partial charge in [0, 0.05) is 5.69 Å². The molecule has 0 aliphatic carbocycles. The first-order valence-electron chi connectivity index (χ1n) is 8.91. The second-order valence-corrected chi connectivity index (χ2v) is 6.99. The maximum Gasteiger partial charge on any atom is 0.325 e. The third-order valence-electron chi connectivity index (χ3n) is 4.97. The van der Waals surface area contributed by atoms with Crippen LogP contribution in [-0.4, -0.2) is 36.4 Å². The number of nitrogens with one attached hydrogen (secondary N) is 2. The molecule has 1 aliphatic rings. The lowest BCUT2D eigenvalue weighted by atomic mass is 9.90. The predicted molar refractivity (Wildman–Crippen MR) is 105 cm³/mol. The van der Waals surface area contributed by atoms with Gasteiger partial charge in [0.25, 0.3) is 5.91 Å². The van der Waals surface area contributed by atoms with Gasteiger partial charge in [-0.05, 0) is 55.7 Å². The molecular formula is C21H23N3O4. The first-order chi connectivity index (χ1) is 13.3. The molecule has 1 atom stereocenters. The summed E-state index contributed by atoms with van der Waals surface area (Å²) in [6.07, 6.45) is 0. The van der Waals surface area contributed by atoms with Crippen LogP contribution >= 0.6 is 0 Å². The van der Waals surface area contributed by atoms with Gasteiger partial charge in [0.05, 0.1) is 7.11 Å². The van der Waals surface area contributed by atoms with Crippen molar-refractivity contribution in [2.45, 2.75) is 26.3 Å². The Labute approximate surface area is 163 Å². The van der Waals surface area contributed by atoms with E-state index in [1.807, 2.05) is 26.0 Å². The van der Waals surface area contributed by atoms with Crippen molar-refractivity contribution in [1.82, 2.24) is 10.2 Å². The normalized spacial score (nSPS) is 18.8. The molecule has 2 aromatic carbocycles. The fourth-order valence-electron chi connectivity index (χ4n) is 3.27. The van der Waals surface area contributed by atoms with E-state index in [2.05, 4.69) is 10.6 Å². The number of imide groups is 1. The molecular weight excluding hydrogens is 358 g/mol. The van der Waals surface area contributed by atoms with Crippen LogP contribution in [0.15, 0.2) is 42.5 Å². The molecule has 2 aromatic rings. The molecule has 2 N–H and O–H groups in total. The number of hydrogen-bond acceptors (Lipinski definition) is 4. The van der Waals surface area contributed by atoms with Crippen LogP contribution in [0.2, 0.25) is 0 Å². The molecule has 4 amide bonds. The van der Waals surface area contributed by atoms with E-state index < -0.39 is 23.4 Å². The van der Waals surface area contributed by atoms with E-state index in [9.17, 15) is 14.4 Å². The molecule has 0 aromatic heterocycles. The number of rotatable bonds is 5. The first kappa shape index (κ1) is 19.4. The number of urea groups is 1. The summed E-state index contributed by atoms with van der Waals surface area (Å²) >= 11 is 0. The molecule has 1 heterocycles. The Morgan fingerprint density at radius 1 is 1.14 bits per heavy atom. The van der Waals surface area contributed by atoms with Gasteiger partial charge in [0.2, 0.25) is 5.91 Å². The van der Waals surface area contributed by atoms with Gasteiger partial charge in [-0.15, -0.1) is 0 Å².